The Morgan fingerprint density at radius 2 is 1.89 bits per heavy atom. The van der Waals surface area contributed by atoms with Crippen LogP contribution in [0.25, 0.3) is 0 Å². The number of hydrogen-bond donors (Lipinski definition) is 0. The van der Waals surface area contributed by atoms with Gasteiger partial charge in [0.05, 0.1) is 0 Å². The Labute approximate surface area is 58.9 Å². The fourth-order valence-corrected chi connectivity index (χ4v) is 1.97. The molecule has 0 saturated heterocycles. The average Bonchev–Trinajstić information content (AvgIpc) is 1.63. The molecule has 9 heavy (non-hydrogen) atoms. The van der Waals surface area contributed by atoms with E-state index >= 15 is 0 Å². The van der Waals surface area contributed by atoms with Crippen molar-refractivity contribution in [1.29, 1.82) is 0 Å². The Morgan fingerprint density at radius 1 is 1.44 bits per heavy atom. The van der Waals surface area contributed by atoms with Gasteiger partial charge in [0.1, 0.15) is 0 Å². The molecule has 1 nitrogen and oxygen atoms in total. The summed E-state index contributed by atoms with van der Waals surface area (Å²) in [5, 5.41) is 0. The van der Waals surface area contributed by atoms with Gasteiger partial charge >= 0.3 is 0 Å². The van der Waals surface area contributed by atoms with Crippen molar-refractivity contribution in [3.63, 3.8) is 0 Å². The van der Waals surface area contributed by atoms with Crippen LogP contribution in [0.4, 0.5) is 0 Å². The van der Waals surface area contributed by atoms with Crippen LogP contribution in [0, 0.1) is 0 Å². The van der Waals surface area contributed by atoms with E-state index in [0.29, 0.717) is 6.10 Å². The Hall–Kier alpha value is -0.0831. The second-order valence-corrected chi connectivity index (χ2v) is 6.83. The third-order valence-corrected chi connectivity index (χ3v) is 3.09. The molecule has 0 rings (SSSR count). The van der Waals surface area contributed by atoms with Crippen molar-refractivity contribution >= 4 is 8.32 Å². The topological polar surface area (TPSA) is 9.23 Å². The van der Waals surface area contributed by atoms with Crippen LogP contribution in [0.1, 0.15) is 13.8 Å². The number of rotatable bonds is 3. The highest BCUT2D eigenvalue weighted by atomic mass is 28.4. The lowest BCUT2D eigenvalue weighted by molar-refractivity contribution is 0.238. The summed E-state index contributed by atoms with van der Waals surface area (Å²) < 4.78 is 5.61. The molecule has 0 aliphatic carbocycles. The summed E-state index contributed by atoms with van der Waals surface area (Å²) in [6, 6.07) is 0. The standard InChI is InChI=1S/C7H16OSi/c1-6-9(4,5)8-7(2)3/h6-7H,1H2,2-5H3. The fraction of sp³-hybridized carbons (Fsp3) is 0.714. The second-order valence-electron chi connectivity index (χ2n) is 2.97. The molecule has 0 unspecified atom stereocenters. The van der Waals surface area contributed by atoms with Gasteiger partial charge in [-0.15, -0.1) is 6.58 Å². The predicted octanol–water partition coefficient (Wildman–Crippen LogP) is 2.34. The third-order valence-electron chi connectivity index (χ3n) is 1.03. The monoisotopic (exact) mass is 144 g/mol. The highest BCUT2D eigenvalue weighted by Crippen LogP contribution is 2.07. The molecule has 0 aromatic heterocycles. The zero-order chi connectivity index (χ0) is 7.49. The van der Waals surface area contributed by atoms with Crippen molar-refractivity contribution in [3.05, 3.63) is 12.3 Å². The Balaban J connectivity index is 3.71. The molecule has 0 aromatic rings. The highest BCUT2D eigenvalue weighted by molar-refractivity contribution is 6.76. The van der Waals surface area contributed by atoms with E-state index in [-0.39, 0.29) is 0 Å². The molecule has 0 aromatic carbocycles. The van der Waals surface area contributed by atoms with Crippen LogP contribution in [0.3, 0.4) is 0 Å². The summed E-state index contributed by atoms with van der Waals surface area (Å²) in [5.74, 6) is 0. The van der Waals surface area contributed by atoms with Crippen molar-refractivity contribution in [2.24, 2.45) is 0 Å². The molecule has 0 spiro atoms. The van der Waals surface area contributed by atoms with Gasteiger partial charge < -0.3 is 4.43 Å². The van der Waals surface area contributed by atoms with Gasteiger partial charge in [-0.25, -0.2) is 0 Å². The Morgan fingerprint density at radius 3 is 2.00 bits per heavy atom. The van der Waals surface area contributed by atoms with Gasteiger partial charge in [-0.1, -0.05) is 5.70 Å². The molecule has 0 radical (unpaired) electrons. The first kappa shape index (κ1) is 8.92. The molecular formula is C7H16OSi. The summed E-state index contributed by atoms with van der Waals surface area (Å²) in [7, 11) is -1.48. The maximum atomic E-state index is 5.61. The minimum absolute atomic E-state index is 0.338. The van der Waals surface area contributed by atoms with Crippen LogP contribution < -0.4 is 0 Å². The van der Waals surface area contributed by atoms with Gasteiger partial charge in [0, 0.05) is 6.10 Å². The van der Waals surface area contributed by atoms with Crippen LogP contribution >= 0.6 is 0 Å². The van der Waals surface area contributed by atoms with Gasteiger partial charge in [0.15, 0.2) is 0 Å². The van der Waals surface area contributed by atoms with Crippen molar-refractivity contribution in [3.8, 4) is 0 Å². The van der Waals surface area contributed by atoms with E-state index < -0.39 is 8.32 Å². The molecule has 0 atom stereocenters. The maximum Gasteiger partial charge on any atom is 0.210 e. The molecule has 2 heteroatoms. The Kier molecular flexibility index (Phi) is 3.15. The molecule has 0 fully saturated rings. The normalized spacial score (nSPS) is 12.1. The first-order chi connectivity index (χ1) is 3.98. The summed E-state index contributed by atoms with van der Waals surface area (Å²) >= 11 is 0. The summed E-state index contributed by atoms with van der Waals surface area (Å²) in [6.07, 6.45) is 0.338. The molecule has 54 valence electrons. The van der Waals surface area contributed by atoms with Gasteiger partial charge in [0.2, 0.25) is 8.32 Å². The van der Waals surface area contributed by atoms with Gasteiger partial charge in [-0.3, -0.25) is 0 Å². The van der Waals surface area contributed by atoms with Gasteiger partial charge in [-0.2, -0.15) is 0 Å². The van der Waals surface area contributed by atoms with E-state index in [1.165, 1.54) is 0 Å². The first-order valence-electron chi connectivity index (χ1n) is 3.29. The fourth-order valence-electron chi connectivity index (χ4n) is 0.656. The third kappa shape index (κ3) is 4.42. The SMILES string of the molecule is C=C[Si](C)(C)OC(C)C. The van der Waals surface area contributed by atoms with E-state index in [1.807, 2.05) is 5.70 Å². The second kappa shape index (κ2) is 3.18. The average molecular weight is 144 g/mol. The zero-order valence-electron chi connectivity index (χ0n) is 6.77. The van der Waals surface area contributed by atoms with Crippen LogP contribution in [0.5, 0.6) is 0 Å². The predicted molar refractivity (Wildman–Crippen MR) is 43.9 cm³/mol. The smallest absolute Gasteiger partial charge is 0.210 e. The largest absolute Gasteiger partial charge is 0.411 e. The van der Waals surface area contributed by atoms with E-state index in [1.54, 1.807) is 0 Å². The summed E-state index contributed by atoms with van der Waals surface area (Å²) in [6.45, 7) is 12.1. The molecule has 0 amide bonds. The molecule has 0 saturated carbocycles. The molecule has 0 aliphatic heterocycles. The molecule has 0 bridgehead atoms. The van der Waals surface area contributed by atoms with Gasteiger partial charge in [-0.05, 0) is 26.9 Å². The van der Waals surface area contributed by atoms with E-state index in [9.17, 15) is 0 Å². The lowest BCUT2D eigenvalue weighted by Crippen LogP contribution is -2.30. The summed E-state index contributed by atoms with van der Waals surface area (Å²) in [4.78, 5) is 0. The minimum atomic E-state index is -1.48. The van der Waals surface area contributed by atoms with Crippen molar-refractivity contribution in [2.45, 2.75) is 33.0 Å². The molecule has 0 aliphatic rings. The molecule has 0 N–H and O–H groups in total. The van der Waals surface area contributed by atoms with Crippen molar-refractivity contribution < 1.29 is 4.43 Å². The van der Waals surface area contributed by atoms with E-state index in [0.717, 1.165) is 0 Å². The minimum Gasteiger partial charge on any atom is -0.411 e. The number of hydrogen-bond acceptors (Lipinski definition) is 1. The van der Waals surface area contributed by atoms with Crippen molar-refractivity contribution in [1.82, 2.24) is 0 Å². The zero-order valence-corrected chi connectivity index (χ0v) is 7.77. The van der Waals surface area contributed by atoms with Crippen LogP contribution in [-0.2, 0) is 4.43 Å². The first-order valence-corrected chi connectivity index (χ1v) is 6.28. The highest BCUT2D eigenvalue weighted by Gasteiger charge is 2.18. The van der Waals surface area contributed by atoms with Crippen LogP contribution in [0.2, 0.25) is 13.1 Å². The lowest BCUT2D eigenvalue weighted by Gasteiger charge is -2.20. The van der Waals surface area contributed by atoms with Crippen LogP contribution in [-0.4, -0.2) is 14.4 Å². The quantitative estimate of drug-likeness (QED) is 0.552. The lowest BCUT2D eigenvalue weighted by atomic mass is 10.5. The van der Waals surface area contributed by atoms with Crippen molar-refractivity contribution in [2.75, 3.05) is 0 Å². The molecule has 0 heterocycles. The van der Waals surface area contributed by atoms with E-state index in [4.69, 9.17) is 4.43 Å². The Bertz CT molecular complexity index is 97.1. The maximum absolute atomic E-state index is 5.61. The van der Waals surface area contributed by atoms with E-state index in [2.05, 4.69) is 33.5 Å². The van der Waals surface area contributed by atoms with Gasteiger partial charge in [0.25, 0.3) is 0 Å². The van der Waals surface area contributed by atoms with Crippen LogP contribution in [0.15, 0.2) is 12.3 Å². The summed E-state index contributed by atoms with van der Waals surface area (Å²) in [5.41, 5.74) is 1.95. The molecular weight excluding hydrogens is 128 g/mol.